The fraction of sp³-hybridized carbons (Fsp3) is 0.417. The Hall–Kier alpha value is -3.36. The molecule has 1 aliphatic heterocycles. The fourth-order valence-corrected chi connectivity index (χ4v) is 4.20. The molecule has 0 radical (unpaired) electrons. The molecule has 1 amide bonds. The van der Waals surface area contributed by atoms with Gasteiger partial charge in [-0.1, -0.05) is 0 Å². The number of ether oxygens (including phenoxy) is 1. The molecule has 0 bridgehead atoms. The van der Waals surface area contributed by atoms with Crippen LogP contribution in [0.15, 0.2) is 18.2 Å². The molecule has 0 spiro atoms. The Morgan fingerprint density at radius 3 is 2.30 bits per heavy atom. The van der Waals surface area contributed by atoms with Gasteiger partial charge in [0.2, 0.25) is 5.78 Å². The van der Waals surface area contributed by atoms with Gasteiger partial charge in [0.15, 0.2) is 11.9 Å². The van der Waals surface area contributed by atoms with Gasteiger partial charge in [-0.3, -0.25) is 19.2 Å². The summed E-state index contributed by atoms with van der Waals surface area (Å²) in [5.74, 6) is -3.93. The number of aromatic nitrogens is 1. The molecule has 1 aliphatic rings. The van der Waals surface area contributed by atoms with Crippen LogP contribution < -0.4 is 0 Å². The Labute approximate surface area is 190 Å². The van der Waals surface area contributed by atoms with Crippen molar-refractivity contribution in [3.63, 3.8) is 0 Å². The third kappa shape index (κ3) is 5.02. The summed E-state index contributed by atoms with van der Waals surface area (Å²) in [6.45, 7) is 6.66. The van der Waals surface area contributed by atoms with E-state index in [9.17, 15) is 28.0 Å². The number of hydrogen-bond acceptors (Lipinski definition) is 5. The standard InChI is InChI=1S/C24H26F2N2O5/c1-12-20(14(3)29)13(2)27-21(12)22(30)15(4)33-24(32)16-7-9-28(10-8-16)23(31)18-6-5-17(25)11-19(18)26/h5-6,11,15-16,27H,7-10H2,1-4H3. The number of nitrogens with zero attached hydrogens (tertiary/aromatic N) is 1. The summed E-state index contributed by atoms with van der Waals surface area (Å²) >= 11 is 0. The molecule has 33 heavy (non-hydrogen) atoms. The number of benzene rings is 1. The second-order valence-corrected chi connectivity index (χ2v) is 8.32. The van der Waals surface area contributed by atoms with E-state index in [1.165, 1.54) is 18.7 Å². The number of rotatable bonds is 6. The van der Waals surface area contributed by atoms with Crippen LogP contribution in [0.4, 0.5) is 8.78 Å². The maximum Gasteiger partial charge on any atom is 0.309 e. The van der Waals surface area contributed by atoms with Crippen LogP contribution in [0.1, 0.15) is 69.2 Å². The quantitative estimate of drug-likeness (QED) is 0.523. The van der Waals surface area contributed by atoms with Crippen LogP contribution in [0.5, 0.6) is 0 Å². The highest BCUT2D eigenvalue weighted by molar-refractivity contribution is 6.05. The Balaban J connectivity index is 1.59. The highest BCUT2D eigenvalue weighted by Crippen LogP contribution is 2.24. The average Bonchev–Trinajstić information content (AvgIpc) is 3.06. The normalized spacial score (nSPS) is 15.3. The Morgan fingerprint density at radius 2 is 1.76 bits per heavy atom. The van der Waals surface area contributed by atoms with E-state index in [4.69, 9.17) is 4.74 Å². The second kappa shape index (κ2) is 9.64. The molecule has 2 aromatic rings. The van der Waals surface area contributed by atoms with E-state index < -0.39 is 41.3 Å². The van der Waals surface area contributed by atoms with E-state index in [0.717, 1.165) is 12.1 Å². The van der Waals surface area contributed by atoms with Crippen molar-refractivity contribution in [1.82, 2.24) is 9.88 Å². The molecule has 1 unspecified atom stereocenters. The van der Waals surface area contributed by atoms with Crippen molar-refractivity contribution >= 4 is 23.4 Å². The molecule has 176 valence electrons. The molecular formula is C24H26F2N2O5. The molecule has 0 aliphatic carbocycles. The molecular weight excluding hydrogens is 434 g/mol. The predicted molar refractivity (Wildman–Crippen MR) is 115 cm³/mol. The van der Waals surface area contributed by atoms with E-state index in [0.29, 0.717) is 35.7 Å². The summed E-state index contributed by atoms with van der Waals surface area (Å²) in [5, 5.41) is 0. The first-order valence-electron chi connectivity index (χ1n) is 10.7. The van der Waals surface area contributed by atoms with Gasteiger partial charge in [0, 0.05) is 30.4 Å². The van der Waals surface area contributed by atoms with Gasteiger partial charge in [0.05, 0.1) is 17.2 Å². The lowest BCUT2D eigenvalue weighted by atomic mass is 9.96. The Bertz CT molecular complexity index is 1120. The molecule has 3 rings (SSSR count). The zero-order valence-electron chi connectivity index (χ0n) is 19.0. The molecule has 1 atom stereocenters. The molecule has 1 aromatic carbocycles. The van der Waals surface area contributed by atoms with Crippen molar-refractivity contribution in [3.8, 4) is 0 Å². The third-order valence-corrected chi connectivity index (χ3v) is 5.98. The summed E-state index contributed by atoms with van der Waals surface area (Å²) < 4.78 is 32.4. The first-order chi connectivity index (χ1) is 15.5. The van der Waals surface area contributed by atoms with E-state index >= 15 is 0 Å². The van der Waals surface area contributed by atoms with Crippen LogP contribution in [0, 0.1) is 31.4 Å². The van der Waals surface area contributed by atoms with Crippen molar-refractivity contribution in [1.29, 1.82) is 0 Å². The van der Waals surface area contributed by atoms with E-state index in [2.05, 4.69) is 4.98 Å². The van der Waals surface area contributed by atoms with E-state index in [-0.39, 0.29) is 30.1 Å². The lowest BCUT2D eigenvalue weighted by Gasteiger charge is -2.31. The van der Waals surface area contributed by atoms with Crippen LogP contribution in [-0.2, 0) is 9.53 Å². The minimum Gasteiger partial charge on any atom is -0.454 e. The summed E-state index contributed by atoms with van der Waals surface area (Å²) in [4.78, 5) is 54.0. The number of nitrogens with one attached hydrogen (secondary N) is 1. The van der Waals surface area contributed by atoms with Gasteiger partial charge in [-0.15, -0.1) is 0 Å². The molecule has 1 fully saturated rings. The van der Waals surface area contributed by atoms with Gasteiger partial charge in [-0.2, -0.15) is 0 Å². The van der Waals surface area contributed by atoms with Gasteiger partial charge < -0.3 is 14.6 Å². The SMILES string of the molecule is CC(=O)c1c(C)[nH]c(C(=O)C(C)OC(=O)C2CCN(C(=O)c3ccc(F)cc3F)CC2)c1C. The zero-order chi connectivity index (χ0) is 24.4. The fourth-order valence-electron chi connectivity index (χ4n) is 4.20. The number of amides is 1. The predicted octanol–water partition coefficient (Wildman–Crippen LogP) is 3.78. The van der Waals surface area contributed by atoms with Crippen LogP contribution in [0.2, 0.25) is 0 Å². The molecule has 1 N–H and O–H groups in total. The minimum absolute atomic E-state index is 0.160. The summed E-state index contributed by atoms with van der Waals surface area (Å²) in [6.07, 6.45) is -0.464. The molecule has 1 saturated heterocycles. The minimum atomic E-state index is -1.05. The second-order valence-electron chi connectivity index (χ2n) is 8.32. The number of carbonyl (C=O) groups is 4. The van der Waals surface area contributed by atoms with Crippen molar-refractivity contribution in [3.05, 3.63) is 57.9 Å². The number of H-pyrrole nitrogens is 1. The zero-order valence-corrected chi connectivity index (χ0v) is 19.0. The molecule has 9 heteroatoms. The Morgan fingerprint density at radius 1 is 1.12 bits per heavy atom. The maximum absolute atomic E-state index is 13.9. The smallest absolute Gasteiger partial charge is 0.309 e. The number of piperidine rings is 1. The highest BCUT2D eigenvalue weighted by atomic mass is 19.1. The van der Waals surface area contributed by atoms with Gasteiger partial charge in [0.25, 0.3) is 5.91 Å². The number of Topliss-reactive ketones (excluding diaryl/α,β-unsaturated/α-hetero) is 2. The number of aryl methyl sites for hydroxylation is 1. The maximum atomic E-state index is 13.9. The van der Waals surface area contributed by atoms with Crippen molar-refractivity contribution in [2.24, 2.45) is 5.92 Å². The van der Waals surface area contributed by atoms with E-state index in [1.807, 2.05) is 0 Å². The van der Waals surface area contributed by atoms with Gasteiger partial charge in [-0.05, 0) is 58.2 Å². The third-order valence-electron chi connectivity index (χ3n) is 5.98. The molecule has 7 nitrogen and oxygen atoms in total. The number of esters is 1. The van der Waals surface area contributed by atoms with Crippen LogP contribution in [-0.4, -0.2) is 52.5 Å². The molecule has 0 saturated carbocycles. The summed E-state index contributed by atoms with van der Waals surface area (Å²) in [5.41, 5.74) is 1.56. The lowest BCUT2D eigenvalue weighted by molar-refractivity contribution is -0.152. The van der Waals surface area contributed by atoms with Crippen LogP contribution >= 0.6 is 0 Å². The van der Waals surface area contributed by atoms with Crippen molar-refractivity contribution < 1.29 is 32.7 Å². The van der Waals surface area contributed by atoms with Gasteiger partial charge in [-0.25, -0.2) is 8.78 Å². The Kier molecular flexibility index (Phi) is 7.09. The van der Waals surface area contributed by atoms with Crippen LogP contribution in [0.25, 0.3) is 0 Å². The largest absolute Gasteiger partial charge is 0.454 e. The van der Waals surface area contributed by atoms with Crippen molar-refractivity contribution in [2.75, 3.05) is 13.1 Å². The average molecular weight is 460 g/mol. The summed E-state index contributed by atoms with van der Waals surface area (Å²) in [6, 6.07) is 2.77. The number of halogens is 2. The number of hydrogen-bond donors (Lipinski definition) is 1. The van der Waals surface area contributed by atoms with Crippen LogP contribution in [0.3, 0.4) is 0 Å². The highest BCUT2D eigenvalue weighted by Gasteiger charge is 2.32. The number of likely N-dealkylation sites (tertiary alicyclic amines) is 1. The number of aromatic amines is 1. The summed E-state index contributed by atoms with van der Waals surface area (Å²) in [7, 11) is 0. The topological polar surface area (TPSA) is 96.5 Å². The van der Waals surface area contributed by atoms with E-state index in [1.54, 1.807) is 13.8 Å². The molecule has 2 heterocycles. The number of ketones is 2. The van der Waals surface area contributed by atoms with Gasteiger partial charge >= 0.3 is 5.97 Å². The monoisotopic (exact) mass is 460 g/mol. The molecule has 1 aromatic heterocycles. The first kappa shape index (κ1) is 24.3. The first-order valence-corrected chi connectivity index (χ1v) is 10.7. The lowest BCUT2D eigenvalue weighted by Crippen LogP contribution is -2.41. The number of carbonyl (C=O) groups excluding carboxylic acids is 4. The van der Waals surface area contributed by atoms with Gasteiger partial charge in [0.1, 0.15) is 11.6 Å². The van der Waals surface area contributed by atoms with Crippen molar-refractivity contribution in [2.45, 2.75) is 46.6 Å².